The maximum Gasteiger partial charge on any atom is 0.292 e. The number of nitrogens with one attached hydrogen (secondary N) is 1. The molecule has 1 aliphatic rings. The molecule has 0 bridgehead atoms. The summed E-state index contributed by atoms with van der Waals surface area (Å²) in [5, 5.41) is 14.1. The predicted octanol–water partition coefficient (Wildman–Crippen LogP) is 2.96. The molecule has 0 heterocycles. The fraction of sp³-hybridized carbons (Fsp3) is 0.538. The lowest BCUT2D eigenvalue weighted by atomic mass is 9.93. The maximum absolute atomic E-state index is 11.0. The molecule has 1 aromatic carbocycles. The first-order valence-electron chi connectivity index (χ1n) is 7.53. The van der Waals surface area contributed by atoms with Crippen molar-refractivity contribution in [2.24, 2.45) is 0 Å². The minimum absolute atomic E-state index is 0.0540. The lowest BCUT2D eigenvalue weighted by molar-refractivity contribution is -0.384. The number of ether oxygens (including phenoxy) is 1. The number of nitro groups is 1. The van der Waals surface area contributed by atoms with E-state index in [1.165, 1.54) is 6.07 Å². The number of para-hydroxylation sites is 2. The van der Waals surface area contributed by atoms with Gasteiger partial charge in [0.2, 0.25) is 0 Å². The fourth-order valence-corrected chi connectivity index (χ4v) is 2.30. The molecule has 0 aliphatic heterocycles. The number of nitrogens with zero attached hydrogens (tertiary/aromatic N) is 1. The number of hydrogen-bond donors (Lipinski definition) is 1. The Morgan fingerprint density at radius 1 is 1.39 bits per heavy atom. The zero-order chi connectivity index (χ0) is 15.5. The summed E-state index contributed by atoms with van der Waals surface area (Å²) >= 11 is 0. The van der Waals surface area contributed by atoms with Crippen LogP contribution in [0.5, 0.6) is 0 Å². The molecule has 98 valence electrons. The number of nitro benzene ring substituents is 1. The third-order valence-corrected chi connectivity index (χ3v) is 3.30. The molecule has 1 aliphatic carbocycles. The van der Waals surface area contributed by atoms with Gasteiger partial charge in [0.05, 0.1) is 15.1 Å². The summed E-state index contributed by atoms with van der Waals surface area (Å²) in [4.78, 5) is 10.5. The Balaban J connectivity index is 1.91. The topological polar surface area (TPSA) is 64.4 Å². The van der Waals surface area contributed by atoms with Gasteiger partial charge in [-0.25, -0.2) is 0 Å². The van der Waals surface area contributed by atoms with E-state index < -0.39 is 12.0 Å². The van der Waals surface area contributed by atoms with Gasteiger partial charge in [0.15, 0.2) is 0 Å². The summed E-state index contributed by atoms with van der Waals surface area (Å²) in [6, 6.07) is 6.63. The minimum Gasteiger partial charge on any atom is -0.381 e. The van der Waals surface area contributed by atoms with Crippen molar-refractivity contribution >= 4 is 11.4 Å². The van der Waals surface area contributed by atoms with Crippen molar-refractivity contribution < 1.29 is 13.8 Å². The van der Waals surface area contributed by atoms with Crippen molar-refractivity contribution in [1.29, 1.82) is 0 Å². The molecular weight excluding hydrogens is 232 g/mol. The van der Waals surface area contributed by atoms with E-state index in [1.807, 2.05) is 0 Å². The third kappa shape index (κ3) is 2.98. The Kier molecular flexibility index (Phi) is 3.02. The van der Waals surface area contributed by atoms with Gasteiger partial charge in [0.1, 0.15) is 5.69 Å². The van der Waals surface area contributed by atoms with Crippen molar-refractivity contribution in [3.8, 4) is 0 Å². The van der Waals surface area contributed by atoms with Gasteiger partial charge in [0, 0.05) is 19.1 Å². The number of anilines is 1. The van der Waals surface area contributed by atoms with Crippen molar-refractivity contribution in [2.45, 2.75) is 37.8 Å². The Bertz CT molecular complexity index is 500. The van der Waals surface area contributed by atoms with E-state index in [0.29, 0.717) is 18.5 Å². The summed E-state index contributed by atoms with van der Waals surface area (Å²) in [6.07, 6.45) is 2.47. The second kappa shape index (κ2) is 5.82. The third-order valence-electron chi connectivity index (χ3n) is 3.30. The fourth-order valence-electron chi connectivity index (χ4n) is 2.30. The van der Waals surface area contributed by atoms with E-state index in [1.54, 1.807) is 18.2 Å². The van der Waals surface area contributed by atoms with E-state index in [-0.39, 0.29) is 17.8 Å². The van der Waals surface area contributed by atoms with Gasteiger partial charge in [-0.15, -0.1) is 0 Å². The summed E-state index contributed by atoms with van der Waals surface area (Å²) in [5.74, 6) is 0. The molecule has 1 aromatic rings. The Labute approximate surface area is 111 Å². The standard InChI is InChI=1S/C13H18N2O3/c1-18-11-8-6-10(7-9-11)14-12-4-2-3-5-13(12)15(16)17/h2-5,10-11,14H,6-9H2,1H3/i1D3. The van der Waals surface area contributed by atoms with Gasteiger partial charge in [-0.2, -0.15) is 0 Å². The summed E-state index contributed by atoms with van der Waals surface area (Å²) in [5.41, 5.74) is 0.557. The highest BCUT2D eigenvalue weighted by Crippen LogP contribution is 2.28. The van der Waals surface area contributed by atoms with Crippen LogP contribution in [-0.4, -0.2) is 24.1 Å². The van der Waals surface area contributed by atoms with Crippen LogP contribution in [0.1, 0.15) is 29.8 Å². The molecule has 1 fully saturated rings. The van der Waals surface area contributed by atoms with Crippen molar-refractivity contribution in [1.82, 2.24) is 0 Å². The smallest absolute Gasteiger partial charge is 0.292 e. The molecule has 2 rings (SSSR count). The largest absolute Gasteiger partial charge is 0.381 e. The zero-order valence-electron chi connectivity index (χ0n) is 13.0. The summed E-state index contributed by atoms with van der Waals surface area (Å²) in [7, 11) is -2.36. The zero-order valence-corrected chi connectivity index (χ0v) is 9.96. The van der Waals surface area contributed by atoms with Gasteiger partial charge in [-0.1, -0.05) is 12.1 Å². The van der Waals surface area contributed by atoms with Crippen LogP contribution in [0.25, 0.3) is 0 Å². The van der Waals surface area contributed by atoms with Crippen LogP contribution in [0.2, 0.25) is 0 Å². The van der Waals surface area contributed by atoms with E-state index in [2.05, 4.69) is 5.32 Å². The number of hydrogen-bond acceptors (Lipinski definition) is 4. The summed E-state index contributed by atoms with van der Waals surface area (Å²) < 4.78 is 26.3. The molecule has 0 unspecified atom stereocenters. The second-order valence-electron chi connectivity index (χ2n) is 4.51. The average molecular weight is 253 g/mol. The normalized spacial score (nSPS) is 26.8. The monoisotopic (exact) mass is 253 g/mol. The van der Waals surface area contributed by atoms with E-state index in [9.17, 15) is 10.1 Å². The van der Waals surface area contributed by atoms with Crippen LogP contribution in [0.15, 0.2) is 24.3 Å². The Morgan fingerprint density at radius 3 is 2.78 bits per heavy atom. The molecular formula is C13H18N2O3. The van der Waals surface area contributed by atoms with Crippen molar-refractivity contribution in [2.75, 3.05) is 12.4 Å². The molecule has 0 aromatic heterocycles. The van der Waals surface area contributed by atoms with Crippen molar-refractivity contribution in [3.63, 3.8) is 0 Å². The highest BCUT2D eigenvalue weighted by atomic mass is 16.6. The molecule has 0 atom stereocenters. The average Bonchev–Trinajstić information content (AvgIpc) is 2.40. The number of benzene rings is 1. The quantitative estimate of drug-likeness (QED) is 0.662. The molecule has 5 heteroatoms. The SMILES string of the molecule is [2H]C([2H])([2H])OC1CCC(Nc2ccccc2[N+](=O)[O-])CC1. The van der Waals surface area contributed by atoms with Gasteiger partial charge in [-0.05, 0) is 31.7 Å². The van der Waals surface area contributed by atoms with Crippen LogP contribution in [-0.2, 0) is 4.74 Å². The van der Waals surface area contributed by atoms with Gasteiger partial charge < -0.3 is 10.1 Å². The molecule has 1 saturated carbocycles. The second-order valence-corrected chi connectivity index (χ2v) is 4.51. The van der Waals surface area contributed by atoms with Crippen LogP contribution < -0.4 is 5.32 Å². The predicted molar refractivity (Wildman–Crippen MR) is 69.8 cm³/mol. The molecule has 5 nitrogen and oxygen atoms in total. The highest BCUT2D eigenvalue weighted by molar-refractivity contribution is 5.61. The Morgan fingerprint density at radius 2 is 2.11 bits per heavy atom. The van der Waals surface area contributed by atoms with Crippen molar-refractivity contribution in [3.05, 3.63) is 34.4 Å². The van der Waals surface area contributed by atoms with Crippen LogP contribution >= 0.6 is 0 Å². The molecule has 0 amide bonds. The first kappa shape index (κ1) is 9.33. The van der Waals surface area contributed by atoms with Gasteiger partial charge in [0.25, 0.3) is 5.69 Å². The van der Waals surface area contributed by atoms with Gasteiger partial charge in [-0.3, -0.25) is 10.1 Å². The van der Waals surface area contributed by atoms with Crippen LogP contribution in [0, 0.1) is 10.1 Å². The lowest BCUT2D eigenvalue weighted by Gasteiger charge is -2.28. The molecule has 1 N–H and O–H groups in total. The Hall–Kier alpha value is -1.62. The lowest BCUT2D eigenvalue weighted by Crippen LogP contribution is -2.29. The maximum atomic E-state index is 11.0. The first-order chi connectivity index (χ1) is 9.85. The van der Waals surface area contributed by atoms with Gasteiger partial charge >= 0.3 is 0 Å². The van der Waals surface area contributed by atoms with Crippen LogP contribution in [0.4, 0.5) is 11.4 Å². The van der Waals surface area contributed by atoms with E-state index >= 15 is 0 Å². The van der Waals surface area contributed by atoms with E-state index in [0.717, 1.165) is 12.8 Å². The molecule has 0 spiro atoms. The summed E-state index contributed by atoms with van der Waals surface area (Å²) in [6.45, 7) is 0. The highest BCUT2D eigenvalue weighted by Gasteiger charge is 2.22. The molecule has 0 saturated heterocycles. The molecule has 0 radical (unpaired) electrons. The number of rotatable bonds is 4. The number of methoxy groups -OCH3 is 1. The molecule has 18 heavy (non-hydrogen) atoms. The van der Waals surface area contributed by atoms with E-state index in [4.69, 9.17) is 8.85 Å². The van der Waals surface area contributed by atoms with Crippen LogP contribution in [0.3, 0.4) is 0 Å². The first-order valence-corrected chi connectivity index (χ1v) is 6.03. The minimum atomic E-state index is -2.36.